The maximum atomic E-state index is 12.5. The Morgan fingerprint density at radius 2 is 1.72 bits per heavy atom. The monoisotopic (exact) mass is 334 g/mol. The Morgan fingerprint density at radius 1 is 0.960 bits per heavy atom. The predicted molar refractivity (Wildman–Crippen MR) is 92.8 cm³/mol. The molecule has 3 aromatic heterocycles. The van der Waals surface area contributed by atoms with Crippen LogP contribution in [0.1, 0.15) is 33.4 Å². The van der Waals surface area contributed by atoms with Crippen molar-refractivity contribution in [2.45, 2.75) is 27.2 Å². The number of aromatic nitrogens is 4. The van der Waals surface area contributed by atoms with Crippen LogP contribution in [-0.4, -0.2) is 25.7 Å². The molecule has 0 aliphatic heterocycles. The fraction of sp³-hybridized carbons (Fsp3) is 0.211. The zero-order valence-electron chi connectivity index (χ0n) is 14.4. The van der Waals surface area contributed by atoms with Crippen LogP contribution in [0.3, 0.4) is 0 Å². The van der Waals surface area contributed by atoms with Crippen LogP contribution < -0.4 is 4.74 Å². The van der Waals surface area contributed by atoms with E-state index in [1.165, 1.54) is 0 Å². The van der Waals surface area contributed by atoms with Gasteiger partial charge in [-0.2, -0.15) is 0 Å². The van der Waals surface area contributed by atoms with Gasteiger partial charge in [0.15, 0.2) is 11.5 Å². The molecule has 3 heterocycles. The van der Waals surface area contributed by atoms with Crippen molar-refractivity contribution in [2.24, 2.45) is 0 Å². The first-order valence-electron chi connectivity index (χ1n) is 7.90. The van der Waals surface area contributed by atoms with Gasteiger partial charge in [-0.1, -0.05) is 6.07 Å². The molecule has 126 valence electrons. The van der Waals surface area contributed by atoms with Gasteiger partial charge >= 0.3 is 0 Å². The second-order valence-corrected chi connectivity index (χ2v) is 5.77. The average molecular weight is 334 g/mol. The van der Waals surface area contributed by atoms with Gasteiger partial charge in [0.25, 0.3) is 0 Å². The maximum absolute atomic E-state index is 12.5. The van der Waals surface area contributed by atoms with Crippen molar-refractivity contribution in [3.8, 4) is 11.5 Å². The highest BCUT2D eigenvalue weighted by atomic mass is 16.5. The molecule has 3 rings (SSSR count). The minimum Gasteiger partial charge on any atom is -0.454 e. The molecule has 0 aromatic carbocycles. The molecule has 0 unspecified atom stereocenters. The van der Waals surface area contributed by atoms with E-state index in [0.29, 0.717) is 28.7 Å². The molecule has 6 heteroatoms. The third-order valence-corrected chi connectivity index (χ3v) is 3.49. The van der Waals surface area contributed by atoms with E-state index in [1.54, 1.807) is 31.5 Å². The smallest absolute Gasteiger partial charge is 0.187 e. The quantitative estimate of drug-likeness (QED) is 0.665. The molecule has 0 bridgehead atoms. The summed E-state index contributed by atoms with van der Waals surface area (Å²) in [5.74, 6) is 1.60. The summed E-state index contributed by atoms with van der Waals surface area (Å²) in [5, 5.41) is 0. The minimum atomic E-state index is -0.105. The lowest BCUT2D eigenvalue weighted by Crippen LogP contribution is -2.08. The van der Waals surface area contributed by atoms with E-state index in [-0.39, 0.29) is 12.2 Å². The molecule has 25 heavy (non-hydrogen) atoms. The third-order valence-electron chi connectivity index (χ3n) is 3.49. The van der Waals surface area contributed by atoms with Crippen LogP contribution in [0.4, 0.5) is 0 Å². The van der Waals surface area contributed by atoms with E-state index >= 15 is 0 Å². The molecular weight excluding hydrogens is 316 g/mol. The number of nitrogens with zero attached hydrogens (tertiary/aromatic N) is 4. The summed E-state index contributed by atoms with van der Waals surface area (Å²) in [7, 11) is 0. The summed E-state index contributed by atoms with van der Waals surface area (Å²) < 4.78 is 5.74. The molecule has 0 aliphatic rings. The molecule has 0 atom stereocenters. The Kier molecular flexibility index (Phi) is 4.79. The molecule has 0 saturated carbocycles. The van der Waals surface area contributed by atoms with Crippen molar-refractivity contribution in [2.75, 3.05) is 0 Å². The number of ketones is 1. The number of Topliss-reactive ketones (excluding diaryl/α,β-unsaturated/α-hetero) is 1. The van der Waals surface area contributed by atoms with Crippen LogP contribution in [0.5, 0.6) is 11.5 Å². The van der Waals surface area contributed by atoms with E-state index in [2.05, 4.69) is 19.9 Å². The maximum Gasteiger partial charge on any atom is 0.187 e. The highest BCUT2D eigenvalue weighted by Gasteiger charge is 2.13. The van der Waals surface area contributed by atoms with Crippen LogP contribution >= 0.6 is 0 Å². The van der Waals surface area contributed by atoms with Gasteiger partial charge in [0.05, 0.1) is 18.8 Å². The molecule has 0 fully saturated rings. The van der Waals surface area contributed by atoms with E-state index in [9.17, 15) is 4.79 Å². The van der Waals surface area contributed by atoms with Crippen molar-refractivity contribution in [1.82, 2.24) is 19.9 Å². The van der Waals surface area contributed by atoms with Crippen molar-refractivity contribution in [3.63, 3.8) is 0 Å². The molecule has 3 aromatic rings. The molecule has 0 aliphatic carbocycles. The van der Waals surface area contributed by atoms with Crippen LogP contribution in [0.2, 0.25) is 0 Å². The van der Waals surface area contributed by atoms with Gasteiger partial charge in [0.2, 0.25) is 0 Å². The van der Waals surface area contributed by atoms with E-state index < -0.39 is 0 Å². The lowest BCUT2D eigenvalue weighted by atomic mass is 10.1. The van der Waals surface area contributed by atoms with Crippen LogP contribution in [0, 0.1) is 20.8 Å². The van der Waals surface area contributed by atoms with Crippen LogP contribution in [-0.2, 0) is 6.42 Å². The first-order chi connectivity index (χ1) is 12.0. The number of ether oxygens (including phenoxy) is 1. The van der Waals surface area contributed by atoms with Crippen molar-refractivity contribution < 1.29 is 9.53 Å². The SMILES string of the molecule is Cc1cccc(CC(=O)c2cc(Oc3cnc(C)nc3)cc(C)n2)n1. The lowest BCUT2D eigenvalue weighted by Gasteiger charge is -2.08. The van der Waals surface area contributed by atoms with E-state index in [0.717, 1.165) is 11.4 Å². The van der Waals surface area contributed by atoms with Crippen LogP contribution in [0.25, 0.3) is 0 Å². The van der Waals surface area contributed by atoms with Gasteiger partial charge in [-0.3, -0.25) is 9.78 Å². The molecular formula is C19H18N4O2. The van der Waals surface area contributed by atoms with E-state index in [1.807, 2.05) is 32.0 Å². The Morgan fingerprint density at radius 3 is 2.44 bits per heavy atom. The van der Waals surface area contributed by atoms with Gasteiger partial charge in [-0.15, -0.1) is 0 Å². The minimum absolute atomic E-state index is 0.105. The molecule has 0 radical (unpaired) electrons. The van der Waals surface area contributed by atoms with Gasteiger partial charge in [-0.25, -0.2) is 15.0 Å². The summed E-state index contributed by atoms with van der Waals surface area (Å²) in [4.78, 5) is 29.4. The highest BCUT2D eigenvalue weighted by molar-refractivity contribution is 5.95. The number of pyridine rings is 2. The number of carbonyl (C=O) groups is 1. The standard InChI is InChI=1S/C19H18N4O2/c1-12-5-4-6-15(22-12)8-19(24)18-9-16(7-13(2)23-18)25-17-10-20-14(3)21-11-17/h4-7,9-11H,8H2,1-3H3. The number of aryl methyl sites for hydroxylation is 3. The zero-order valence-corrected chi connectivity index (χ0v) is 14.4. The predicted octanol–water partition coefficient (Wildman–Crippen LogP) is 3.41. The molecule has 0 amide bonds. The largest absolute Gasteiger partial charge is 0.454 e. The second-order valence-electron chi connectivity index (χ2n) is 5.77. The average Bonchev–Trinajstić information content (AvgIpc) is 2.56. The Balaban J connectivity index is 1.80. The van der Waals surface area contributed by atoms with Gasteiger partial charge in [-0.05, 0) is 32.9 Å². The fourth-order valence-electron chi connectivity index (χ4n) is 2.36. The van der Waals surface area contributed by atoms with Gasteiger partial charge in [0, 0.05) is 29.2 Å². The topological polar surface area (TPSA) is 77.9 Å². The van der Waals surface area contributed by atoms with Crippen molar-refractivity contribution >= 4 is 5.78 Å². The zero-order chi connectivity index (χ0) is 17.8. The summed E-state index contributed by atoms with van der Waals surface area (Å²) >= 11 is 0. The summed E-state index contributed by atoms with van der Waals surface area (Å²) in [6, 6.07) is 9.02. The second kappa shape index (κ2) is 7.17. The first-order valence-corrected chi connectivity index (χ1v) is 7.90. The normalized spacial score (nSPS) is 10.5. The number of rotatable bonds is 5. The summed E-state index contributed by atoms with van der Waals surface area (Å²) in [6.07, 6.45) is 3.39. The lowest BCUT2D eigenvalue weighted by molar-refractivity contribution is 0.0986. The number of carbonyl (C=O) groups excluding carboxylic acids is 1. The molecule has 0 N–H and O–H groups in total. The Hall–Kier alpha value is -3.15. The van der Waals surface area contributed by atoms with Crippen molar-refractivity contribution in [1.29, 1.82) is 0 Å². The van der Waals surface area contributed by atoms with E-state index in [4.69, 9.17) is 4.74 Å². The summed E-state index contributed by atoms with van der Waals surface area (Å²) in [6.45, 7) is 5.52. The van der Waals surface area contributed by atoms with Gasteiger partial charge < -0.3 is 4.74 Å². The molecule has 0 spiro atoms. The van der Waals surface area contributed by atoms with Crippen molar-refractivity contribution in [3.05, 3.63) is 71.3 Å². The Labute approximate surface area is 146 Å². The fourth-order valence-corrected chi connectivity index (χ4v) is 2.36. The van der Waals surface area contributed by atoms with Crippen LogP contribution in [0.15, 0.2) is 42.7 Å². The Bertz CT molecular complexity index is 908. The number of hydrogen-bond donors (Lipinski definition) is 0. The third kappa shape index (κ3) is 4.44. The molecule has 0 saturated heterocycles. The number of hydrogen-bond acceptors (Lipinski definition) is 6. The van der Waals surface area contributed by atoms with Gasteiger partial charge in [0.1, 0.15) is 17.3 Å². The summed E-state index contributed by atoms with van der Waals surface area (Å²) in [5.41, 5.74) is 2.66. The molecule has 6 nitrogen and oxygen atoms in total. The first kappa shape index (κ1) is 16.7. The highest BCUT2D eigenvalue weighted by Crippen LogP contribution is 2.22.